The molecule has 0 radical (unpaired) electrons. The molecule has 0 spiro atoms. The van der Waals surface area contributed by atoms with Crippen LogP contribution in [0.3, 0.4) is 0 Å². The van der Waals surface area contributed by atoms with Crippen LogP contribution in [0.2, 0.25) is 4.34 Å². The van der Waals surface area contributed by atoms with E-state index in [2.05, 4.69) is 15.5 Å². The van der Waals surface area contributed by atoms with Crippen LogP contribution in [0.25, 0.3) is 0 Å². The number of carbonyl (C=O) groups is 3. The molecule has 2 heterocycles. The van der Waals surface area contributed by atoms with Gasteiger partial charge >= 0.3 is 0 Å². The summed E-state index contributed by atoms with van der Waals surface area (Å²) in [4.78, 5) is 42.3. The second-order valence-electron chi connectivity index (χ2n) is 9.92. The van der Waals surface area contributed by atoms with E-state index in [9.17, 15) is 18.8 Å². The largest absolute Gasteiger partial charge is 0.370 e. The lowest BCUT2D eigenvalue weighted by molar-refractivity contribution is -0.125. The van der Waals surface area contributed by atoms with Gasteiger partial charge in [0.15, 0.2) is 0 Å². The molecule has 3 amide bonds. The molecular formula is C26H30ClFN4O4S. The summed E-state index contributed by atoms with van der Waals surface area (Å²) in [6.07, 6.45) is 4.57. The van der Waals surface area contributed by atoms with Crippen LogP contribution >= 0.6 is 22.9 Å². The van der Waals surface area contributed by atoms with E-state index in [4.69, 9.17) is 16.3 Å². The highest BCUT2D eigenvalue weighted by molar-refractivity contribution is 7.18. The van der Waals surface area contributed by atoms with Gasteiger partial charge in [-0.1, -0.05) is 11.6 Å². The number of benzene rings is 1. The summed E-state index contributed by atoms with van der Waals surface area (Å²) < 4.78 is 20.6. The fourth-order valence-corrected chi connectivity index (χ4v) is 5.45. The van der Waals surface area contributed by atoms with Crippen molar-refractivity contribution in [3.8, 4) is 0 Å². The second-order valence-corrected chi connectivity index (χ2v) is 11.6. The first-order valence-corrected chi connectivity index (χ1v) is 13.8. The molecule has 8 nitrogen and oxygen atoms in total. The number of nitrogens with zero attached hydrogens (tertiary/aromatic N) is 2. The van der Waals surface area contributed by atoms with Crippen LogP contribution in [-0.2, 0) is 14.3 Å². The molecule has 2 saturated carbocycles. The minimum absolute atomic E-state index is 0.0825. The van der Waals surface area contributed by atoms with Crippen molar-refractivity contribution in [2.45, 2.75) is 31.7 Å². The molecule has 2 aromatic rings. The first-order chi connectivity index (χ1) is 17.9. The topological polar surface area (TPSA) is 91.0 Å². The van der Waals surface area contributed by atoms with Gasteiger partial charge in [0, 0.05) is 31.9 Å². The number of halogens is 2. The molecule has 5 rings (SSSR count). The predicted molar refractivity (Wildman–Crippen MR) is 141 cm³/mol. The summed E-state index contributed by atoms with van der Waals surface area (Å²) in [6.45, 7) is 2.25. The molecule has 1 aromatic carbocycles. The molecule has 3 aliphatic rings. The molecule has 1 aliphatic heterocycles. The zero-order valence-electron chi connectivity index (χ0n) is 20.4. The van der Waals surface area contributed by atoms with Crippen LogP contribution in [0.4, 0.5) is 15.8 Å². The summed E-state index contributed by atoms with van der Waals surface area (Å²) in [5, 5.41) is 5.74. The Hall–Kier alpha value is -2.53. The molecule has 37 heavy (non-hydrogen) atoms. The molecule has 3 fully saturated rings. The zero-order valence-corrected chi connectivity index (χ0v) is 22.0. The minimum Gasteiger partial charge on any atom is -0.370 e. The first kappa shape index (κ1) is 26.1. The summed E-state index contributed by atoms with van der Waals surface area (Å²) in [5.41, 5.74) is 0.458. The summed E-state index contributed by atoms with van der Waals surface area (Å²) in [5.74, 6) is -0.369. The highest BCUT2D eigenvalue weighted by atomic mass is 35.5. The lowest BCUT2D eigenvalue weighted by Crippen LogP contribution is -2.52. The van der Waals surface area contributed by atoms with E-state index in [1.165, 1.54) is 28.4 Å². The van der Waals surface area contributed by atoms with Crippen LogP contribution in [0, 0.1) is 17.7 Å². The quantitative estimate of drug-likeness (QED) is 0.446. The van der Waals surface area contributed by atoms with E-state index in [1.54, 1.807) is 18.2 Å². The predicted octanol–water partition coefficient (Wildman–Crippen LogP) is 3.76. The Labute approximate surface area is 224 Å². The smallest absolute Gasteiger partial charge is 0.261 e. The summed E-state index contributed by atoms with van der Waals surface area (Å²) >= 11 is 7.16. The van der Waals surface area contributed by atoms with Crippen molar-refractivity contribution in [3.05, 3.63) is 45.4 Å². The third kappa shape index (κ3) is 6.87. The Morgan fingerprint density at radius 2 is 1.89 bits per heavy atom. The number of amides is 3. The van der Waals surface area contributed by atoms with Crippen LogP contribution in [0.1, 0.15) is 35.4 Å². The highest BCUT2D eigenvalue weighted by Gasteiger charge is 2.36. The fraction of sp³-hybridized carbons (Fsp3) is 0.500. The van der Waals surface area contributed by atoms with Crippen molar-refractivity contribution in [2.24, 2.45) is 11.8 Å². The first-order valence-electron chi connectivity index (χ1n) is 12.6. The van der Waals surface area contributed by atoms with Gasteiger partial charge in [-0.05, 0) is 67.9 Å². The van der Waals surface area contributed by atoms with Gasteiger partial charge in [0.05, 0.1) is 21.5 Å². The Kier molecular flexibility index (Phi) is 8.09. The van der Waals surface area contributed by atoms with Crippen molar-refractivity contribution in [2.75, 3.05) is 49.6 Å². The van der Waals surface area contributed by atoms with Gasteiger partial charge in [0.2, 0.25) is 5.91 Å². The molecular weight excluding hydrogens is 519 g/mol. The number of hydrogen-bond acceptors (Lipinski definition) is 6. The van der Waals surface area contributed by atoms with Crippen molar-refractivity contribution in [3.63, 3.8) is 0 Å². The number of thiophene rings is 1. The van der Waals surface area contributed by atoms with Crippen LogP contribution in [-0.4, -0.2) is 68.1 Å². The molecule has 1 atom stereocenters. The summed E-state index contributed by atoms with van der Waals surface area (Å²) in [7, 11) is 0. The van der Waals surface area contributed by atoms with Crippen molar-refractivity contribution < 1.29 is 23.5 Å². The van der Waals surface area contributed by atoms with Gasteiger partial charge in [-0.2, -0.15) is 0 Å². The molecule has 2 aliphatic carbocycles. The number of anilines is 2. The van der Waals surface area contributed by atoms with Gasteiger partial charge in [-0.25, -0.2) is 4.39 Å². The number of ether oxygens (including phenoxy) is 1. The van der Waals surface area contributed by atoms with Crippen molar-refractivity contribution >= 4 is 52.0 Å². The average Bonchev–Trinajstić information content (AvgIpc) is 3.80. The molecule has 0 unspecified atom stereocenters. The lowest BCUT2D eigenvalue weighted by Gasteiger charge is -2.31. The Bertz CT molecular complexity index is 1160. The van der Waals surface area contributed by atoms with Crippen molar-refractivity contribution in [1.29, 1.82) is 0 Å². The lowest BCUT2D eigenvalue weighted by atomic mass is 10.1. The van der Waals surface area contributed by atoms with E-state index in [0.717, 1.165) is 38.8 Å². The Balaban J connectivity index is 1.30. The van der Waals surface area contributed by atoms with Gasteiger partial charge in [0.25, 0.3) is 11.8 Å². The SMILES string of the molecule is O=C(NC[C@H](C(=O)Nc1ccc(N2CCOCC2=O)c(F)c1)N(CC1CC1)CC1CC1)c1ccc(Cl)s1. The number of rotatable bonds is 11. The van der Waals surface area contributed by atoms with Crippen LogP contribution < -0.4 is 15.5 Å². The Morgan fingerprint density at radius 3 is 2.49 bits per heavy atom. The maximum Gasteiger partial charge on any atom is 0.261 e. The van der Waals surface area contributed by atoms with Crippen LogP contribution in [0.5, 0.6) is 0 Å². The van der Waals surface area contributed by atoms with E-state index < -0.39 is 11.9 Å². The minimum atomic E-state index is -0.607. The molecule has 11 heteroatoms. The average molecular weight is 549 g/mol. The number of nitrogens with one attached hydrogen (secondary N) is 2. The molecule has 0 bridgehead atoms. The number of morpholine rings is 1. The standard InChI is InChI=1S/C26H30ClFN4O4S/c27-23-8-7-22(37-23)26(35)29-12-21(31(13-16-1-2-16)14-17-3-4-17)25(34)30-18-5-6-20(19(28)11-18)32-9-10-36-15-24(32)33/h5-8,11,16-17,21H,1-4,9-10,12-15H2,(H,29,35)(H,30,34)/t21-/m1/s1. The second kappa shape index (κ2) is 11.5. The zero-order chi connectivity index (χ0) is 25.9. The van der Waals surface area contributed by atoms with E-state index in [0.29, 0.717) is 33.3 Å². The van der Waals surface area contributed by atoms with E-state index in [-0.39, 0.29) is 43.1 Å². The Morgan fingerprint density at radius 1 is 1.16 bits per heavy atom. The number of carbonyl (C=O) groups excluding carboxylic acids is 3. The maximum absolute atomic E-state index is 15.0. The molecule has 198 valence electrons. The van der Waals surface area contributed by atoms with Crippen molar-refractivity contribution in [1.82, 2.24) is 10.2 Å². The highest BCUT2D eigenvalue weighted by Crippen LogP contribution is 2.35. The van der Waals surface area contributed by atoms with E-state index in [1.807, 2.05) is 0 Å². The van der Waals surface area contributed by atoms with Gasteiger partial charge in [-0.3, -0.25) is 19.3 Å². The van der Waals surface area contributed by atoms with Gasteiger partial charge in [0.1, 0.15) is 18.5 Å². The normalized spacial score (nSPS) is 18.7. The number of hydrogen-bond donors (Lipinski definition) is 2. The third-order valence-corrected chi connectivity index (χ3v) is 8.10. The van der Waals surface area contributed by atoms with Crippen LogP contribution in [0.15, 0.2) is 30.3 Å². The molecule has 1 aromatic heterocycles. The van der Waals surface area contributed by atoms with Gasteiger partial charge < -0.3 is 20.3 Å². The fourth-order valence-electron chi connectivity index (χ4n) is 4.50. The monoisotopic (exact) mass is 548 g/mol. The van der Waals surface area contributed by atoms with E-state index >= 15 is 0 Å². The maximum atomic E-state index is 15.0. The van der Waals surface area contributed by atoms with Gasteiger partial charge in [-0.15, -0.1) is 11.3 Å². The molecule has 2 N–H and O–H groups in total. The summed E-state index contributed by atoms with van der Waals surface area (Å²) in [6, 6.07) is 7.04. The molecule has 1 saturated heterocycles. The third-order valence-electron chi connectivity index (χ3n) is 6.87.